The van der Waals surface area contributed by atoms with E-state index < -0.39 is 37.1 Å². The fraction of sp³-hybridized carbons (Fsp3) is 0.143. The maximum Gasteiger partial charge on any atom is 0.312 e. The number of nitrogens with zero attached hydrogens (tertiary/aromatic N) is 1. The highest BCUT2D eigenvalue weighted by Gasteiger charge is 2.24. The van der Waals surface area contributed by atoms with Crippen LogP contribution in [0.15, 0.2) is 17.0 Å². The van der Waals surface area contributed by atoms with Crippen LogP contribution in [-0.2, 0) is 10.0 Å². The van der Waals surface area contributed by atoms with Gasteiger partial charge in [0.25, 0.3) is 0 Å². The lowest BCUT2D eigenvalue weighted by Gasteiger charge is -2.04. The minimum Gasteiger partial charge on any atom is -0.502 e. The number of hydrogen-bond donors (Lipinski definition) is 2. The van der Waals surface area contributed by atoms with Crippen LogP contribution in [0.2, 0.25) is 0 Å². The number of rotatable bonds is 3. The summed E-state index contributed by atoms with van der Waals surface area (Å²) in [4.78, 5) is 8.51. The molecular formula is C7H7FN2O5S. The first-order chi connectivity index (χ1) is 7.29. The molecule has 0 unspecified atom stereocenters. The summed E-state index contributed by atoms with van der Waals surface area (Å²) in [5.41, 5.74) is -0.879. The third-order valence-electron chi connectivity index (χ3n) is 1.78. The Morgan fingerprint density at radius 2 is 2.06 bits per heavy atom. The lowest BCUT2D eigenvalue weighted by Crippen LogP contribution is -2.20. The maximum absolute atomic E-state index is 13.2. The van der Waals surface area contributed by atoms with Crippen LogP contribution in [0.3, 0.4) is 0 Å². The highest BCUT2D eigenvalue weighted by Crippen LogP contribution is 2.30. The molecule has 9 heteroatoms. The van der Waals surface area contributed by atoms with Crippen molar-refractivity contribution in [2.75, 3.05) is 7.05 Å². The van der Waals surface area contributed by atoms with Gasteiger partial charge in [-0.15, -0.1) is 0 Å². The maximum atomic E-state index is 13.2. The SMILES string of the molecule is CNS(=O)(=O)c1cc([N+](=O)[O-])c(O)cc1F. The smallest absolute Gasteiger partial charge is 0.312 e. The molecule has 1 aromatic carbocycles. The van der Waals surface area contributed by atoms with Crippen LogP contribution >= 0.6 is 0 Å². The summed E-state index contributed by atoms with van der Waals surface area (Å²) >= 11 is 0. The molecule has 1 aromatic rings. The second kappa shape index (κ2) is 4.02. The molecule has 0 aliphatic heterocycles. The fourth-order valence-corrected chi connectivity index (χ4v) is 1.80. The van der Waals surface area contributed by atoms with Crippen molar-refractivity contribution in [3.05, 3.63) is 28.1 Å². The Kier molecular flexibility index (Phi) is 3.10. The molecule has 0 saturated carbocycles. The largest absolute Gasteiger partial charge is 0.502 e. The zero-order chi connectivity index (χ0) is 12.5. The van der Waals surface area contributed by atoms with Crippen LogP contribution in [0.1, 0.15) is 0 Å². The van der Waals surface area contributed by atoms with E-state index in [0.29, 0.717) is 12.1 Å². The van der Waals surface area contributed by atoms with Gasteiger partial charge in [0.15, 0.2) is 5.75 Å². The van der Waals surface area contributed by atoms with Crippen LogP contribution in [0.4, 0.5) is 10.1 Å². The first-order valence-corrected chi connectivity index (χ1v) is 5.38. The molecule has 1 rings (SSSR count). The number of sulfonamides is 1. The molecule has 0 atom stereocenters. The van der Waals surface area contributed by atoms with E-state index in [1.54, 1.807) is 0 Å². The lowest BCUT2D eigenvalue weighted by molar-refractivity contribution is -0.386. The molecule has 0 amide bonds. The molecule has 0 aliphatic carbocycles. The molecular weight excluding hydrogens is 243 g/mol. The summed E-state index contributed by atoms with van der Waals surface area (Å²) in [5, 5.41) is 19.4. The van der Waals surface area contributed by atoms with Gasteiger partial charge >= 0.3 is 5.69 Å². The summed E-state index contributed by atoms with van der Waals surface area (Å²) in [6.45, 7) is 0. The minimum absolute atomic E-state index is 0.377. The Labute approximate surface area is 89.7 Å². The quantitative estimate of drug-likeness (QED) is 0.594. The van der Waals surface area contributed by atoms with Gasteiger partial charge in [0.05, 0.1) is 4.92 Å². The van der Waals surface area contributed by atoms with Crippen molar-refractivity contribution in [3.63, 3.8) is 0 Å². The van der Waals surface area contributed by atoms with Gasteiger partial charge in [0, 0.05) is 12.1 Å². The van der Waals surface area contributed by atoms with Gasteiger partial charge in [-0.05, 0) is 7.05 Å². The fourth-order valence-electron chi connectivity index (χ4n) is 0.994. The average molecular weight is 250 g/mol. The van der Waals surface area contributed by atoms with E-state index in [9.17, 15) is 22.9 Å². The van der Waals surface area contributed by atoms with Crippen molar-refractivity contribution in [3.8, 4) is 5.75 Å². The molecule has 0 fully saturated rings. The van der Waals surface area contributed by atoms with Crippen LogP contribution in [0, 0.1) is 15.9 Å². The summed E-state index contributed by atoms with van der Waals surface area (Å²) in [6, 6.07) is 0.832. The van der Waals surface area contributed by atoms with E-state index >= 15 is 0 Å². The number of phenolic OH excluding ortho intramolecular Hbond substituents is 1. The van der Waals surface area contributed by atoms with Gasteiger partial charge in [-0.1, -0.05) is 0 Å². The normalized spacial score (nSPS) is 11.4. The number of phenols is 1. The molecule has 16 heavy (non-hydrogen) atoms. The summed E-state index contributed by atoms with van der Waals surface area (Å²) in [6.07, 6.45) is 0. The Morgan fingerprint density at radius 1 is 1.50 bits per heavy atom. The van der Waals surface area contributed by atoms with E-state index in [-0.39, 0.29) is 0 Å². The molecule has 0 radical (unpaired) electrons. The van der Waals surface area contributed by atoms with Crippen molar-refractivity contribution >= 4 is 15.7 Å². The molecule has 2 N–H and O–H groups in total. The topological polar surface area (TPSA) is 110 Å². The first-order valence-electron chi connectivity index (χ1n) is 3.90. The van der Waals surface area contributed by atoms with Gasteiger partial charge in [-0.3, -0.25) is 10.1 Å². The molecule has 0 spiro atoms. The van der Waals surface area contributed by atoms with Gasteiger partial charge in [0.2, 0.25) is 10.0 Å². The second-order valence-corrected chi connectivity index (χ2v) is 4.59. The lowest BCUT2D eigenvalue weighted by atomic mass is 10.3. The Bertz CT molecular complexity index is 542. The molecule has 0 aliphatic rings. The number of nitrogens with one attached hydrogen (secondary N) is 1. The van der Waals surface area contributed by atoms with E-state index in [1.807, 2.05) is 4.72 Å². The van der Waals surface area contributed by atoms with Crippen molar-refractivity contribution < 1.29 is 22.8 Å². The molecule has 7 nitrogen and oxygen atoms in total. The first kappa shape index (κ1) is 12.3. The van der Waals surface area contributed by atoms with Crippen molar-refractivity contribution in [1.82, 2.24) is 4.72 Å². The molecule has 0 aromatic heterocycles. The number of aromatic hydroxyl groups is 1. The molecule has 0 saturated heterocycles. The highest BCUT2D eigenvalue weighted by molar-refractivity contribution is 7.89. The van der Waals surface area contributed by atoms with Gasteiger partial charge in [0.1, 0.15) is 10.7 Å². The third-order valence-corrected chi connectivity index (χ3v) is 3.21. The number of nitro groups is 1. The molecule has 0 bridgehead atoms. The number of halogens is 1. The van der Waals surface area contributed by atoms with Crippen molar-refractivity contribution in [2.24, 2.45) is 0 Å². The number of nitro benzene ring substituents is 1. The van der Waals surface area contributed by atoms with Crippen LogP contribution in [0.25, 0.3) is 0 Å². The van der Waals surface area contributed by atoms with Crippen LogP contribution in [-0.4, -0.2) is 25.5 Å². The van der Waals surface area contributed by atoms with Crippen molar-refractivity contribution in [2.45, 2.75) is 4.90 Å². The zero-order valence-electron chi connectivity index (χ0n) is 7.97. The number of hydrogen-bond acceptors (Lipinski definition) is 5. The Morgan fingerprint density at radius 3 is 2.50 bits per heavy atom. The van der Waals surface area contributed by atoms with Gasteiger partial charge in [-0.2, -0.15) is 0 Å². The Hall–Kier alpha value is -1.74. The highest BCUT2D eigenvalue weighted by atomic mass is 32.2. The number of benzene rings is 1. The summed E-state index contributed by atoms with van der Waals surface area (Å²) < 4.78 is 37.5. The minimum atomic E-state index is -4.14. The van der Waals surface area contributed by atoms with Gasteiger partial charge in [-0.25, -0.2) is 17.5 Å². The second-order valence-electron chi connectivity index (χ2n) is 2.74. The standard InChI is InChI=1S/C7H7FN2O5S/c1-9-16(14,15)7-3-5(10(12)13)6(11)2-4(7)8/h2-3,9,11H,1H3. The summed E-state index contributed by atoms with van der Waals surface area (Å²) in [5.74, 6) is -2.20. The van der Waals surface area contributed by atoms with E-state index in [0.717, 1.165) is 7.05 Å². The predicted molar refractivity (Wildman–Crippen MR) is 51.0 cm³/mol. The van der Waals surface area contributed by atoms with Gasteiger partial charge < -0.3 is 5.11 Å². The summed E-state index contributed by atoms with van der Waals surface area (Å²) in [7, 11) is -3.11. The van der Waals surface area contributed by atoms with E-state index in [1.165, 1.54) is 0 Å². The Balaban J connectivity index is 3.55. The molecule has 88 valence electrons. The monoisotopic (exact) mass is 250 g/mol. The van der Waals surface area contributed by atoms with Crippen LogP contribution < -0.4 is 4.72 Å². The predicted octanol–water partition coefficient (Wildman–Crippen LogP) is 0.348. The average Bonchev–Trinajstić information content (AvgIpc) is 2.16. The zero-order valence-corrected chi connectivity index (χ0v) is 8.78. The van der Waals surface area contributed by atoms with E-state index in [2.05, 4.69) is 0 Å². The van der Waals surface area contributed by atoms with E-state index in [4.69, 9.17) is 5.11 Å². The van der Waals surface area contributed by atoms with Crippen LogP contribution in [0.5, 0.6) is 5.75 Å². The van der Waals surface area contributed by atoms with Crippen molar-refractivity contribution in [1.29, 1.82) is 0 Å². The third kappa shape index (κ3) is 2.09. The molecule has 0 heterocycles.